The van der Waals surface area contributed by atoms with Crippen molar-refractivity contribution in [2.24, 2.45) is 4.99 Å². The first-order valence-electron chi connectivity index (χ1n) is 6.85. The fraction of sp³-hybridized carbons (Fsp3) is 0.267. The Morgan fingerprint density at radius 3 is 2.27 bits per heavy atom. The molecule has 0 spiro atoms. The van der Waals surface area contributed by atoms with Crippen molar-refractivity contribution in [1.82, 2.24) is 9.13 Å². The first-order valence-corrected chi connectivity index (χ1v) is 6.85. The third-order valence-corrected chi connectivity index (χ3v) is 3.24. The lowest BCUT2D eigenvalue weighted by molar-refractivity contribution is 0.394. The standard InChI is InChI=1S/C15H16FN3O3/c1-3-18-13(20)12(14(21)19(4-2)15(18)22)9-17-11-7-5-10(16)6-8-11/h5-9,20H,3-4H2,1-2H3. The quantitative estimate of drug-likeness (QED) is 0.873. The summed E-state index contributed by atoms with van der Waals surface area (Å²) in [5, 5.41) is 10.1. The van der Waals surface area contributed by atoms with Crippen molar-refractivity contribution in [3.05, 3.63) is 56.5 Å². The second-order valence-electron chi connectivity index (χ2n) is 4.55. The minimum Gasteiger partial charge on any atom is -0.494 e. The summed E-state index contributed by atoms with van der Waals surface area (Å²) in [5.41, 5.74) is -0.822. The Hall–Kier alpha value is -2.70. The van der Waals surface area contributed by atoms with Crippen LogP contribution in [0.4, 0.5) is 10.1 Å². The highest BCUT2D eigenvalue weighted by Crippen LogP contribution is 2.14. The van der Waals surface area contributed by atoms with Crippen LogP contribution in [-0.4, -0.2) is 20.5 Å². The van der Waals surface area contributed by atoms with Crippen LogP contribution in [0.5, 0.6) is 5.88 Å². The van der Waals surface area contributed by atoms with Gasteiger partial charge in [0.25, 0.3) is 5.56 Å². The van der Waals surface area contributed by atoms with Crippen molar-refractivity contribution >= 4 is 11.9 Å². The molecule has 116 valence electrons. The van der Waals surface area contributed by atoms with Gasteiger partial charge in [-0.15, -0.1) is 0 Å². The molecule has 1 heterocycles. The van der Waals surface area contributed by atoms with E-state index < -0.39 is 22.9 Å². The SMILES string of the molecule is CCn1c(O)c(C=Nc2ccc(F)cc2)c(=O)n(CC)c1=O. The summed E-state index contributed by atoms with van der Waals surface area (Å²) in [6.07, 6.45) is 1.18. The lowest BCUT2D eigenvalue weighted by Gasteiger charge is -2.11. The highest BCUT2D eigenvalue weighted by atomic mass is 19.1. The lowest BCUT2D eigenvalue weighted by Crippen LogP contribution is -2.41. The molecule has 7 heteroatoms. The van der Waals surface area contributed by atoms with Crippen LogP contribution in [0, 0.1) is 5.82 Å². The summed E-state index contributed by atoms with van der Waals surface area (Å²) in [6.45, 7) is 3.77. The van der Waals surface area contributed by atoms with Crippen LogP contribution in [0.25, 0.3) is 0 Å². The second kappa shape index (κ2) is 6.38. The normalized spacial score (nSPS) is 11.2. The van der Waals surface area contributed by atoms with Crippen LogP contribution in [-0.2, 0) is 13.1 Å². The summed E-state index contributed by atoms with van der Waals surface area (Å²) >= 11 is 0. The van der Waals surface area contributed by atoms with E-state index in [1.54, 1.807) is 13.8 Å². The number of hydrogen-bond donors (Lipinski definition) is 1. The zero-order valence-corrected chi connectivity index (χ0v) is 12.3. The van der Waals surface area contributed by atoms with E-state index in [9.17, 15) is 19.1 Å². The summed E-state index contributed by atoms with van der Waals surface area (Å²) in [6, 6.07) is 5.36. The van der Waals surface area contributed by atoms with Gasteiger partial charge in [-0.1, -0.05) is 0 Å². The predicted octanol–water partition coefficient (Wildman–Crippen LogP) is 1.65. The topological polar surface area (TPSA) is 76.6 Å². The molecule has 22 heavy (non-hydrogen) atoms. The van der Waals surface area contributed by atoms with Gasteiger partial charge in [0.1, 0.15) is 11.4 Å². The maximum atomic E-state index is 12.8. The monoisotopic (exact) mass is 305 g/mol. The molecule has 2 rings (SSSR count). The molecule has 0 radical (unpaired) electrons. The van der Waals surface area contributed by atoms with E-state index in [2.05, 4.69) is 4.99 Å². The van der Waals surface area contributed by atoms with E-state index >= 15 is 0 Å². The Morgan fingerprint density at radius 2 is 1.73 bits per heavy atom. The van der Waals surface area contributed by atoms with E-state index in [0.717, 1.165) is 9.13 Å². The Kier molecular flexibility index (Phi) is 4.55. The molecule has 1 N–H and O–H groups in total. The number of halogens is 1. The van der Waals surface area contributed by atoms with Crippen molar-refractivity contribution in [3.63, 3.8) is 0 Å². The zero-order valence-electron chi connectivity index (χ0n) is 12.3. The minimum atomic E-state index is -0.611. The summed E-state index contributed by atoms with van der Waals surface area (Å²) in [4.78, 5) is 28.3. The van der Waals surface area contributed by atoms with Gasteiger partial charge in [0.2, 0.25) is 5.88 Å². The molecule has 0 fully saturated rings. The smallest absolute Gasteiger partial charge is 0.333 e. The molecule has 0 bridgehead atoms. The molecule has 0 atom stereocenters. The van der Waals surface area contributed by atoms with Gasteiger partial charge in [-0.05, 0) is 38.1 Å². The number of aromatic nitrogens is 2. The largest absolute Gasteiger partial charge is 0.494 e. The highest BCUT2D eigenvalue weighted by Gasteiger charge is 2.15. The Balaban J connectivity index is 2.58. The number of hydrogen-bond acceptors (Lipinski definition) is 4. The second-order valence-corrected chi connectivity index (χ2v) is 4.55. The van der Waals surface area contributed by atoms with Crippen LogP contribution in [0.3, 0.4) is 0 Å². The van der Waals surface area contributed by atoms with Gasteiger partial charge in [-0.3, -0.25) is 18.9 Å². The van der Waals surface area contributed by atoms with Crippen LogP contribution >= 0.6 is 0 Å². The Bertz CT molecular complexity index is 820. The summed E-state index contributed by atoms with van der Waals surface area (Å²) in [7, 11) is 0. The molecule has 2 aromatic rings. The molecule has 0 saturated heterocycles. The van der Waals surface area contributed by atoms with Gasteiger partial charge in [-0.25, -0.2) is 9.18 Å². The third-order valence-electron chi connectivity index (χ3n) is 3.24. The average molecular weight is 305 g/mol. The van der Waals surface area contributed by atoms with E-state index in [4.69, 9.17) is 0 Å². The number of aromatic hydroxyl groups is 1. The lowest BCUT2D eigenvalue weighted by atomic mass is 10.3. The van der Waals surface area contributed by atoms with Crippen molar-refractivity contribution in [1.29, 1.82) is 0 Å². The van der Waals surface area contributed by atoms with Crippen LogP contribution in [0.1, 0.15) is 19.4 Å². The van der Waals surface area contributed by atoms with Crippen molar-refractivity contribution in [3.8, 4) is 5.88 Å². The molecule has 0 saturated carbocycles. The van der Waals surface area contributed by atoms with Crippen molar-refractivity contribution in [2.45, 2.75) is 26.9 Å². The predicted molar refractivity (Wildman–Crippen MR) is 81.6 cm³/mol. The van der Waals surface area contributed by atoms with Gasteiger partial charge >= 0.3 is 5.69 Å². The molecule has 0 aliphatic heterocycles. The van der Waals surface area contributed by atoms with E-state index in [1.165, 1.54) is 30.5 Å². The molecule has 0 aliphatic rings. The maximum Gasteiger partial charge on any atom is 0.333 e. The van der Waals surface area contributed by atoms with Gasteiger partial charge in [0.05, 0.1) is 5.69 Å². The molecule has 1 aromatic heterocycles. The zero-order chi connectivity index (χ0) is 16.3. The first-order chi connectivity index (χ1) is 10.5. The van der Waals surface area contributed by atoms with Gasteiger partial charge in [0, 0.05) is 19.3 Å². The summed E-state index contributed by atoms with van der Waals surface area (Å²) in [5.74, 6) is -0.817. The van der Waals surface area contributed by atoms with Crippen molar-refractivity contribution < 1.29 is 9.50 Å². The molecule has 6 nitrogen and oxygen atoms in total. The molecular weight excluding hydrogens is 289 g/mol. The Morgan fingerprint density at radius 1 is 1.14 bits per heavy atom. The Labute approximate surface area is 125 Å². The fourth-order valence-corrected chi connectivity index (χ4v) is 2.05. The van der Waals surface area contributed by atoms with Crippen molar-refractivity contribution in [2.75, 3.05) is 0 Å². The van der Waals surface area contributed by atoms with Crippen LogP contribution < -0.4 is 11.2 Å². The molecule has 1 aromatic carbocycles. The molecular formula is C15H16FN3O3. The number of rotatable bonds is 4. The van der Waals surface area contributed by atoms with Crippen LogP contribution in [0.2, 0.25) is 0 Å². The van der Waals surface area contributed by atoms with Gasteiger partial charge < -0.3 is 5.11 Å². The molecule has 0 amide bonds. The van der Waals surface area contributed by atoms with Gasteiger partial charge in [0.15, 0.2) is 0 Å². The van der Waals surface area contributed by atoms with Crippen LogP contribution in [0.15, 0.2) is 38.8 Å². The van der Waals surface area contributed by atoms with Gasteiger partial charge in [-0.2, -0.15) is 0 Å². The van der Waals surface area contributed by atoms with E-state index in [0.29, 0.717) is 5.69 Å². The number of nitrogens with zero attached hydrogens (tertiary/aromatic N) is 3. The highest BCUT2D eigenvalue weighted by molar-refractivity contribution is 5.84. The molecule has 0 unspecified atom stereocenters. The average Bonchev–Trinajstić information content (AvgIpc) is 2.50. The maximum absolute atomic E-state index is 12.8. The summed E-state index contributed by atoms with van der Waals surface area (Å²) < 4.78 is 15.0. The third kappa shape index (κ3) is 2.83. The number of aliphatic imine (C=N–C) groups is 1. The van der Waals surface area contributed by atoms with E-state index in [-0.39, 0.29) is 18.7 Å². The minimum absolute atomic E-state index is 0.0763. The number of benzene rings is 1. The first kappa shape index (κ1) is 15.7. The van der Waals surface area contributed by atoms with E-state index in [1.807, 2.05) is 0 Å². The fourth-order valence-electron chi connectivity index (χ4n) is 2.05. The molecule has 0 aliphatic carbocycles.